The largest absolute Gasteiger partial charge is 0.384 e. The Kier molecular flexibility index (Phi) is 4.31. The Hall–Kier alpha value is -2.14. The van der Waals surface area contributed by atoms with Crippen LogP contribution in [0.3, 0.4) is 0 Å². The molecule has 0 fully saturated rings. The minimum absolute atomic E-state index is 0.709. The average molecular weight is 302 g/mol. The van der Waals surface area contributed by atoms with Crippen LogP contribution in [0.2, 0.25) is 5.02 Å². The number of nitrogens with zero attached hydrogens (tertiary/aromatic N) is 4. The van der Waals surface area contributed by atoms with E-state index in [4.69, 9.17) is 11.6 Å². The normalized spacial score (nSPS) is 10.9. The molecule has 0 aliphatic carbocycles. The second kappa shape index (κ2) is 6.54. The molecule has 0 saturated carbocycles. The zero-order valence-electron chi connectivity index (χ0n) is 11.5. The molecule has 0 unspecified atom stereocenters. The monoisotopic (exact) mass is 301 g/mol. The summed E-state index contributed by atoms with van der Waals surface area (Å²) in [5.41, 5.74) is 2.01. The number of fused-ring (bicyclic) bond motifs is 1. The number of hydrogen-bond donors (Lipinski definition) is 1. The number of halogens is 1. The fraction of sp³-hybridized carbons (Fsp3) is 0.267. The average Bonchev–Trinajstić information content (AvgIpc) is 3.00. The van der Waals surface area contributed by atoms with Gasteiger partial charge in [0, 0.05) is 35.4 Å². The Labute approximate surface area is 128 Å². The van der Waals surface area contributed by atoms with Crippen molar-refractivity contribution in [2.45, 2.75) is 19.4 Å². The summed E-state index contributed by atoms with van der Waals surface area (Å²) in [6.45, 7) is 1.87. The summed E-state index contributed by atoms with van der Waals surface area (Å²) in [6.07, 6.45) is 7.45. The maximum absolute atomic E-state index is 5.99. The third-order valence-electron chi connectivity index (χ3n) is 3.33. The van der Waals surface area contributed by atoms with E-state index in [2.05, 4.69) is 20.5 Å². The number of rotatable bonds is 6. The van der Waals surface area contributed by atoms with E-state index in [1.165, 1.54) is 0 Å². The molecule has 5 nitrogen and oxygen atoms in total. The number of benzene rings is 1. The van der Waals surface area contributed by atoms with E-state index >= 15 is 0 Å². The molecule has 108 valence electrons. The number of anilines is 1. The van der Waals surface area contributed by atoms with Gasteiger partial charge in [0.2, 0.25) is 0 Å². The van der Waals surface area contributed by atoms with Crippen molar-refractivity contribution in [3.63, 3.8) is 0 Å². The van der Waals surface area contributed by atoms with Gasteiger partial charge in [-0.25, -0.2) is 0 Å². The first-order chi connectivity index (χ1) is 10.3. The van der Waals surface area contributed by atoms with Gasteiger partial charge in [-0.3, -0.25) is 4.98 Å². The SMILES string of the molecule is Clc1ccc2c(NCCCCn3cnnc3)ccnc2c1. The van der Waals surface area contributed by atoms with Crippen molar-refractivity contribution in [1.29, 1.82) is 0 Å². The second-order valence-electron chi connectivity index (χ2n) is 4.85. The lowest BCUT2D eigenvalue weighted by molar-refractivity contribution is 0.619. The van der Waals surface area contributed by atoms with Gasteiger partial charge in [0.05, 0.1) is 5.52 Å². The van der Waals surface area contributed by atoms with Gasteiger partial charge in [-0.2, -0.15) is 0 Å². The summed E-state index contributed by atoms with van der Waals surface area (Å²) in [7, 11) is 0. The Morgan fingerprint density at radius 3 is 2.81 bits per heavy atom. The molecular weight excluding hydrogens is 286 g/mol. The van der Waals surface area contributed by atoms with Crippen LogP contribution in [0.15, 0.2) is 43.1 Å². The number of nitrogens with one attached hydrogen (secondary N) is 1. The summed E-state index contributed by atoms with van der Waals surface area (Å²) in [4.78, 5) is 4.34. The van der Waals surface area contributed by atoms with E-state index in [0.29, 0.717) is 5.02 Å². The minimum Gasteiger partial charge on any atom is -0.384 e. The Bertz CT molecular complexity index is 711. The Balaban J connectivity index is 1.55. The molecule has 0 spiro atoms. The first-order valence-electron chi connectivity index (χ1n) is 6.93. The fourth-order valence-electron chi connectivity index (χ4n) is 2.26. The Morgan fingerprint density at radius 1 is 1.10 bits per heavy atom. The van der Waals surface area contributed by atoms with Crippen molar-refractivity contribution in [1.82, 2.24) is 19.7 Å². The predicted octanol–water partition coefficient (Wildman–Crippen LogP) is 3.37. The molecule has 0 amide bonds. The van der Waals surface area contributed by atoms with Gasteiger partial charge >= 0.3 is 0 Å². The van der Waals surface area contributed by atoms with Crippen molar-refractivity contribution in [3.8, 4) is 0 Å². The second-order valence-corrected chi connectivity index (χ2v) is 5.29. The number of hydrogen-bond acceptors (Lipinski definition) is 4. The maximum Gasteiger partial charge on any atom is 0.119 e. The molecule has 1 N–H and O–H groups in total. The van der Waals surface area contributed by atoms with Crippen molar-refractivity contribution in [3.05, 3.63) is 48.1 Å². The van der Waals surface area contributed by atoms with Gasteiger partial charge in [-0.1, -0.05) is 11.6 Å². The van der Waals surface area contributed by atoms with Crippen molar-refractivity contribution in [2.75, 3.05) is 11.9 Å². The first-order valence-corrected chi connectivity index (χ1v) is 7.31. The highest BCUT2D eigenvalue weighted by Crippen LogP contribution is 2.24. The lowest BCUT2D eigenvalue weighted by Crippen LogP contribution is -2.04. The molecule has 21 heavy (non-hydrogen) atoms. The zero-order chi connectivity index (χ0) is 14.5. The van der Waals surface area contributed by atoms with Crippen LogP contribution in [0.25, 0.3) is 10.9 Å². The van der Waals surface area contributed by atoms with Crippen molar-refractivity contribution in [2.24, 2.45) is 0 Å². The van der Waals surface area contributed by atoms with E-state index in [1.807, 2.05) is 28.8 Å². The molecule has 0 aliphatic rings. The third kappa shape index (κ3) is 3.49. The van der Waals surface area contributed by atoms with Crippen LogP contribution in [0.1, 0.15) is 12.8 Å². The molecular formula is C15H16ClN5. The van der Waals surface area contributed by atoms with E-state index in [9.17, 15) is 0 Å². The summed E-state index contributed by atoms with van der Waals surface area (Å²) in [6, 6.07) is 7.77. The first kappa shape index (κ1) is 13.8. The fourth-order valence-corrected chi connectivity index (χ4v) is 2.42. The van der Waals surface area contributed by atoms with Crippen LogP contribution >= 0.6 is 11.6 Å². The molecule has 3 aromatic rings. The molecule has 6 heteroatoms. The standard InChI is InChI=1S/C15H16ClN5/c16-12-3-4-13-14(5-7-18-15(13)9-12)17-6-1-2-8-21-10-19-20-11-21/h3-5,7,9-11H,1-2,6,8H2,(H,17,18). The molecule has 0 atom stereocenters. The number of pyridine rings is 1. The number of aromatic nitrogens is 4. The molecule has 0 saturated heterocycles. The van der Waals surface area contributed by atoms with Crippen molar-refractivity contribution < 1.29 is 0 Å². The van der Waals surface area contributed by atoms with Crippen LogP contribution in [0.5, 0.6) is 0 Å². The van der Waals surface area contributed by atoms with E-state index in [-0.39, 0.29) is 0 Å². The van der Waals surface area contributed by atoms with Gasteiger partial charge in [0.15, 0.2) is 0 Å². The smallest absolute Gasteiger partial charge is 0.119 e. The lowest BCUT2D eigenvalue weighted by Gasteiger charge is -2.09. The molecule has 1 aromatic carbocycles. The van der Waals surface area contributed by atoms with Gasteiger partial charge in [0.25, 0.3) is 0 Å². The quantitative estimate of drug-likeness (QED) is 0.709. The lowest BCUT2D eigenvalue weighted by atomic mass is 10.2. The van der Waals surface area contributed by atoms with Crippen molar-refractivity contribution >= 4 is 28.2 Å². The summed E-state index contributed by atoms with van der Waals surface area (Å²) < 4.78 is 1.99. The molecule has 0 aliphatic heterocycles. The number of unbranched alkanes of at least 4 members (excludes halogenated alkanes) is 1. The highest BCUT2D eigenvalue weighted by Gasteiger charge is 2.02. The van der Waals surface area contributed by atoms with Crippen LogP contribution < -0.4 is 5.32 Å². The van der Waals surface area contributed by atoms with Crippen LogP contribution in [0, 0.1) is 0 Å². The highest BCUT2D eigenvalue weighted by atomic mass is 35.5. The molecule has 2 aromatic heterocycles. The van der Waals surface area contributed by atoms with Gasteiger partial charge < -0.3 is 9.88 Å². The van der Waals surface area contributed by atoms with Gasteiger partial charge in [0.1, 0.15) is 12.7 Å². The topological polar surface area (TPSA) is 55.6 Å². The van der Waals surface area contributed by atoms with E-state index in [1.54, 1.807) is 18.9 Å². The molecule has 2 heterocycles. The minimum atomic E-state index is 0.709. The third-order valence-corrected chi connectivity index (χ3v) is 3.56. The predicted molar refractivity (Wildman–Crippen MR) is 84.5 cm³/mol. The summed E-state index contributed by atoms with van der Waals surface area (Å²) in [5, 5.41) is 12.8. The van der Waals surface area contributed by atoms with E-state index in [0.717, 1.165) is 42.5 Å². The van der Waals surface area contributed by atoms with Crippen LogP contribution in [-0.4, -0.2) is 26.3 Å². The maximum atomic E-state index is 5.99. The number of aryl methyl sites for hydroxylation is 1. The molecule has 0 radical (unpaired) electrons. The van der Waals surface area contributed by atoms with Crippen LogP contribution in [0.4, 0.5) is 5.69 Å². The summed E-state index contributed by atoms with van der Waals surface area (Å²) >= 11 is 5.99. The highest BCUT2D eigenvalue weighted by molar-refractivity contribution is 6.31. The summed E-state index contributed by atoms with van der Waals surface area (Å²) in [5.74, 6) is 0. The van der Waals surface area contributed by atoms with Crippen LogP contribution in [-0.2, 0) is 6.54 Å². The molecule has 3 rings (SSSR count). The Morgan fingerprint density at radius 2 is 1.95 bits per heavy atom. The van der Waals surface area contributed by atoms with Gasteiger partial charge in [-0.15, -0.1) is 10.2 Å². The molecule has 0 bridgehead atoms. The zero-order valence-corrected chi connectivity index (χ0v) is 12.3. The van der Waals surface area contributed by atoms with Gasteiger partial charge in [-0.05, 0) is 37.1 Å². The van der Waals surface area contributed by atoms with E-state index < -0.39 is 0 Å².